The van der Waals surface area contributed by atoms with Crippen molar-refractivity contribution in [3.63, 3.8) is 0 Å². The Labute approximate surface area is 127 Å². The summed E-state index contributed by atoms with van der Waals surface area (Å²) >= 11 is 0. The molecule has 1 saturated carbocycles. The van der Waals surface area contributed by atoms with Crippen LogP contribution in [0.2, 0.25) is 0 Å². The maximum absolute atomic E-state index is 6.72. The number of hydrogen-bond acceptors (Lipinski definition) is 2. The van der Waals surface area contributed by atoms with E-state index in [1.54, 1.807) is 0 Å². The summed E-state index contributed by atoms with van der Waals surface area (Å²) in [5.41, 5.74) is 9.14. The van der Waals surface area contributed by atoms with E-state index in [1.807, 2.05) is 12.3 Å². The molecule has 2 N–H and O–H groups in total. The monoisotopic (exact) mass is 282 g/mol. The van der Waals surface area contributed by atoms with E-state index >= 15 is 0 Å². The van der Waals surface area contributed by atoms with Gasteiger partial charge in [-0.1, -0.05) is 38.0 Å². The lowest BCUT2D eigenvalue weighted by molar-refractivity contribution is 0.223. The first kappa shape index (κ1) is 14.5. The number of pyridine rings is 1. The molecular weight excluding hydrogens is 256 g/mol. The highest BCUT2D eigenvalue weighted by atomic mass is 14.7. The molecule has 2 nitrogen and oxygen atoms in total. The number of nitrogens with two attached hydrogens (primary N) is 1. The second-order valence-electron chi connectivity index (χ2n) is 6.76. The van der Waals surface area contributed by atoms with Gasteiger partial charge in [0, 0.05) is 17.1 Å². The van der Waals surface area contributed by atoms with E-state index in [-0.39, 0.29) is 5.54 Å². The molecule has 1 fully saturated rings. The van der Waals surface area contributed by atoms with Crippen molar-refractivity contribution < 1.29 is 0 Å². The Bertz CT molecular complexity index is 592. The summed E-state index contributed by atoms with van der Waals surface area (Å²) in [6.07, 6.45) is 10.5. The van der Waals surface area contributed by atoms with Gasteiger partial charge >= 0.3 is 0 Å². The van der Waals surface area contributed by atoms with Crippen molar-refractivity contribution >= 4 is 10.9 Å². The van der Waals surface area contributed by atoms with Crippen molar-refractivity contribution in [1.82, 2.24) is 4.98 Å². The van der Waals surface area contributed by atoms with Gasteiger partial charge in [0.1, 0.15) is 0 Å². The first-order valence-electron chi connectivity index (χ1n) is 8.32. The summed E-state index contributed by atoms with van der Waals surface area (Å²) in [6.45, 7) is 2.29. The van der Waals surface area contributed by atoms with E-state index in [0.29, 0.717) is 0 Å². The molecule has 2 aromatic rings. The summed E-state index contributed by atoms with van der Waals surface area (Å²) in [4.78, 5) is 4.45. The number of para-hydroxylation sites is 1. The molecule has 1 aromatic carbocycles. The van der Waals surface area contributed by atoms with Crippen molar-refractivity contribution in [1.29, 1.82) is 0 Å². The van der Waals surface area contributed by atoms with E-state index in [0.717, 1.165) is 30.7 Å². The molecule has 0 amide bonds. The lowest BCUT2D eigenvalue weighted by Crippen LogP contribution is -2.45. The Balaban J connectivity index is 1.76. The molecule has 1 aliphatic rings. The molecule has 0 radical (unpaired) electrons. The van der Waals surface area contributed by atoms with Gasteiger partial charge in [-0.25, -0.2) is 0 Å². The van der Waals surface area contributed by atoms with Crippen LogP contribution in [0.15, 0.2) is 36.5 Å². The molecule has 0 atom stereocenters. The van der Waals surface area contributed by atoms with Crippen molar-refractivity contribution in [3.05, 3.63) is 42.1 Å². The molecule has 0 spiro atoms. The van der Waals surface area contributed by atoms with Crippen molar-refractivity contribution in [3.8, 4) is 0 Å². The number of fused-ring (bicyclic) bond motifs is 1. The molecule has 0 aliphatic heterocycles. The van der Waals surface area contributed by atoms with Gasteiger partial charge in [0.25, 0.3) is 0 Å². The Morgan fingerprint density at radius 1 is 1.19 bits per heavy atom. The molecule has 2 heteroatoms. The lowest BCUT2D eigenvalue weighted by Gasteiger charge is -2.37. The predicted molar refractivity (Wildman–Crippen MR) is 89.2 cm³/mol. The van der Waals surface area contributed by atoms with Gasteiger partial charge in [-0.3, -0.25) is 4.98 Å². The first-order chi connectivity index (χ1) is 10.2. The zero-order valence-corrected chi connectivity index (χ0v) is 13.0. The van der Waals surface area contributed by atoms with E-state index in [1.165, 1.54) is 36.6 Å². The molecule has 3 rings (SSSR count). The van der Waals surface area contributed by atoms with Gasteiger partial charge < -0.3 is 5.73 Å². The fourth-order valence-electron chi connectivity index (χ4n) is 3.81. The van der Waals surface area contributed by atoms with Crippen LogP contribution in [0, 0.1) is 5.92 Å². The van der Waals surface area contributed by atoms with Gasteiger partial charge in [0.2, 0.25) is 0 Å². The average molecular weight is 282 g/mol. The van der Waals surface area contributed by atoms with Crippen LogP contribution in [0.5, 0.6) is 0 Å². The zero-order chi connectivity index (χ0) is 14.7. The van der Waals surface area contributed by atoms with Crippen LogP contribution in [0.4, 0.5) is 0 Å². The molecule has 0 unspecified atom stereocenters. The van der Waals surface area contributed by atoms with Crippen LogP contribution in [-0.2, 0) is 6.42 Å². The average Bonchev–Trinajstić information content (AvgIpc) is 2.50. The number of rotatable bonds is 4. The van der Waals surface area contributed by atoms with E-state index in [9.17, 15) is 0 Å². The van der Waals surface area contributed by atoms with Gasteiger partial charge in [0.15, 0.2) is 0 Å². The first-order valence-corrected chi connectivity index (χ1v) is 8.32. The quantitative estimate of drug-likeness (QED) is 0.899. The fourth-order valence-corrected chi connectivity index (χ4v) is 3.81. The van der Waals surface area contributed by atoms with Crippen molar-refractivity contribution in [2.24, 2.45) is 11.7 Å². The summed E-state index contributed by atoms with van der Waals surface area (Å²) < 4.78 is 0. The smallest absolute Gasteiger partial charge is 0.0704 e. The van der Waals surface area contributed by atoms with Gasteiger partial charge in [-0.2, -0.15) is 0 Å². The highest BCUT2D eigenvalue weighted by Crippen LogP contribution is 2.35. The minimum atomic E-state index is -0.0195. The molecule has 112 valence electrons. The molecule has 0 saturated heterocycles. The summed E-state index contributed by atoms with van der Waals surface area (Å²) in [6, 6.07) is 10.5. The second kappa shape index (κ2) is 6.15. The molecule has 0 bridgehead atoms. The SMILES string of the molecule is CCCC1CCC(N)(Cc2ccnc3ccccc23)CC1. The van der Waals surface area contributed by atoms with Crippen LogP contribution < -0.4 is 5.73 Å². The third-order valence-electron chi connectivity index (χ3n) is 5.08. The second-order valence-corrected chi connectivity index (χ2v) is 6.76. The Morgan fingerprint density at radius 3 is 2.71 bits per heavy atom. The molecule has 1 heterocycles. The molecule has 21 heavy (non-hydrogen) atoms. The largest absolute Gasteiger partial charge is 0.325 e. The zero-order valence-electron chi connectivity index (χ0n) is 13.0. The van der Waals surface area contributed by atoms with Crippen LogP contribution in [-0.4, -0.2) is 10.5 Å². The normalized spacial score (nSPS) is 26.1. The number of aromatic nitrogens is 1. The lowest BCUT2D eigenvalue weighted by atomic mass is 9.73. The summed E-state index contributed by atoms with van der Waals surface area (Å²) in [7, 11) is 0. The van der Waals surface area contributed by atoms with Crippen LogP contribution in [0.3, 0.4) is 0 Å². The van der Waals surface area contributed by atoms with E-state index in [2.05, 4.69) is 36.2 Å². The summed E-state index contributed by atoms with van der Waals surface area (Å²) in [5, 5.41) is 1.26. The minimum Gasteiger partial charge on any atom is -0.325 e. The van der Waals surface area contributed by atoms with Crippen molar-refractivity contribution in [2.45, 2.75) is 57.4 Å². The standard InChI is InChI=1S/C19H26N2/c1-2-5-15-8-11-19(20,12-9-15)14-16-10-13-21-18-7-4-3-6-17(16)18/h3-4,6-7,10,13,15H,2,5,8-9,11-12,14,20H2,1H3. The third kappa shape index (κ3) is 3.26. The maximum atomic E-state index is 6.72. The van der Waals surface area contributed by atoms with Gasteiger partial charge in [0.05, 0.1) is 5.52 Å². The van der Waals surface area contributed by atoms with Gasteiger partial charge in [-0.05, 0) is 55.7 Å². The molecule has 1 aromatic heterocycles. The summed E-state index contributed by atoms with van der Waals surface area (Å²) in [5.74, 6) is 0.904. The Kier molecular flexibility index (Phi) is 4.25. The number of benzene rings is 1. The van der Waals surface area contributed by atoms with Gasteiger partial charge in [-0.15, -0.1) is 0 Å². The Hall–Kier alpha value is -1.41. The molecular formula is C19H26N2. The fraction of sp³-hybridized carbons (Fsp3) is 0.526. The van der Waals surface area contributed by atoms with Crippen molar-refractivity contribution in [2.75, 3.05) is 0 Å². The van der Waals surface area contributed by atoms with Crippen LogP contribution >= 0.6 is 0 Å². The van der Waals surface area contributed by atoms with Crippen LogP contribution in [0.1, 0.15) is 51.0 Å². The topological polar surface area (TPSA) is 38.9 Å². The third-order valence-corrected chi connectivity index (χ3v) is 5.08. The van der Waals surface area contributed by atoms with E-state index < -0.39 is 0 Å². The number of nitrogens with zero attached hydrogens (tertiary/aromatic N) is 1. The highest BCUT2D eigenvalue weighted by Gasteiger charge is 2.31. The molecule has 1 aliphatic carbocycles. The van der Waals surface area contributed by atoms with E-state index in [4.69, 9.17) is 5.73 Å². The Morgan fingerprint density at radius 2 is 1.95 bits per heavy atom. The maximum Gasteiger partial charge on any atom is 0.0704 e. The minimum absolute atomic E-state index is 0.0195. The predicted octanol–water partition coefficient (Wildman–Crippen LogP) is 4.47. The number of hydrogen-bond donors (Lipinski definition) is 1. The highest BCUT2D eigenvalue weighted by molar-refractivity contribution is 5.81. The van der Waals surface area contributed by atoms with Crippen LogP contribution in [0.25, 0.3) is 10.9 Å².